The first-order valence-corrected chi connectivity index (χ1v) is 9.46. The maximum absolute atomic E-state index is 12.5. The van der Waals surface area contributed by atoms with Gasteiger partial charge in [-0.05, 0) is 80.5 Å². The molecule has 0 fully saturated rings. The summed E-state index contributed by atoms with van der Waals surface area (Å²) < 4.78 is 27.5. The average molecular weight is 364 g/mol. The normalized spacial score (nSPS) is 11.0. The molecule has 0 aliphatic heterocycles. The van der Waals surface area contributed by atoms with Gasteiger partial charge < -0.3 is 10.6 Å². The molecule has 24 heavy (non-hydrogen) atoms. The first-order valence-electron chi connectivity index (χ1n) is 7.57. The van der Waals surface area contributed by atoms with Gasteiger partial charge in [-0.3, -0.25) is 4.72 Å². The van der Waals surface area contributed by atoms with Crippen molar-refractivity contribution in [3.63, 3.8) is 0 Å². The highest BCUT2D eigenvalue weighted by Gasteiger charge is 2.14. The SMILES string of the molecule is CCNC(=S)Nc1ccc(S(=O)(=O)Nc2ccc(C)c(C)c2)cc1. The van der Waals surface area contributed by atoms with Gasteiger partial charge >= 0.3 is 0 Å². The van der Waals surface area contributed by atoms with Crippen molar-refractivity contribution in [2.24, 2.45) is 0 Å². The smallest absolute Gasteiger partial charge is 0.261 e. The van der Waals surface area contributed by atoms with E-state index in [1.807, 2.05) is 32.9 Å². The van der Waals surface area contributed by atoms with Crippen molar-refractivity contribution in [1.29, 1.82) is 0 Å². The predicted molar refractivity (Wildman–Crippen MR) is 103 cm³/mol. The Balaban J connectivity index is 2.14. The lowest BCUT2D eigenvalue weighted by atomic mass is 10.1. The molecule has 128 valence electrons. The molecular weight excluding hydrogens is 342 g/mol. The van der Waals surface area contributed by atoms with E-state index in [0.29, 0.717) is 10.8 Å². The van der Waals surface area contributed by atoms with Gasteiger partial charge in [0.1, 0.15) is 0 Å². The van der Waals surface area contributed by atoms with Crippen LogP contribution in [-0.4, -0.2) is 20.1 Å². The predicted octanol–water partition coefficient (Wildman–Crippen LogP) is 3.41. The van der Waals surface area contributed by atoms with E-state index in [2.05, 4.69) is 15.4 Å². The molecule has 0 amide bonds. The van der Waals surface area contributed by atoms with Crippen LogP contribution in [0.3, 0.4) is 0 Å². The summed E-state index contributed by atoms with van der Waals surface area (Å²) in [4.78, 5) is 0.195. The van der Waals surface area contributed by atoms with E-state index in [1.165, 1.54) is 0 Å². The zero-order valence-corrected chi connectivity index (χ0v) is 15.5. The highest BCUT2D eigenvalue weighted by molar-refractivity contribution is 7.92. The molecule has 0 aliphatic rings. The molecule has 0 spiro atoms. The Kier molecular flexibility index (Phi) is 5.80. The molecule has 2 rings (SSSR count). The van der Waals surface area contributed by atoms with Crippen LogP contribution in [0, 0.1) is 13.8 Å². The van der Waals surface area contributed by atoms with Crippen molar-refractivity contribution in [2.45, 2.75) is 25.7 Å². The van der Waals surface area contributed by atoms with Crippen molar-refractivity contribution in [3.05, 3.63) is 53.6 Å². The average Bonchev–Trinajstić information content (AvgIpc) is 2.51. The van der Waals surface area contributed by atoms with E-state index in [0.717, 1.165) is 23.4 Å². The molecule has 7 heteroatoms. The third kappa shape index (κ3) is 4.69. The number of hydrogen-bond donors (Lipinski definition) is 3. The summed E-state index contributed by atoms with van der Waals surface area (Å²) in [5, 5.41) is 6.46. The Labute approximate surface area is 148 Å². The second-order valence-electron chi connectivity index (χ2n) is 5.41. The molecule has 0 saturated carbocycles. The minimum absolute atomic E-state index is 0.195. The Bertz CT molecular complexity index is 831. The van der Waals surface area contributed by atoms with E-state index < -0.39 is 10.0 Å². The maximum Gasteiger partial charge on any atom is 0.261 e. The minimum atomic E-state index is -3.62. The molecule has 0 bridgehead atoms. The molecule has 2 aromatic carbocycles. The molecule has 0 unspecified atom stereocenters. The summed E-state index contributed by atoms with van der Waals surface area (Å²) in [6, 6.07) is 11.9. The van der Waals surface area contributed by atoms with E-state index in [4.69, 9.17) is 12.2 Å². The summed E-state index contributed by atoms with van der Waals surface area (Å²) in [5.41, 5.74) is 3.43. The maximum atomic E-state index is 12.5. The van der Waals surface area contributed by atoms with Crippen LogP contribution in [0.15, 0.2) is 47.4 Å². The van der Waals surface area contributed by atoms with Gasteiger partial charge in [0.25, 0.3) is 10.0 Å². The first kappa shape index (κ1) is 18.2. The minimum Gasteiger partial charge on any atom is -0.363 e. The van der Waals surface area contributed by atoms with Crippen LogP contribution in [0.5, 0.6) is 0 Å². The van der Waals surface area contributed by atoms with Gasteiger partial charge in [-0.25, -0.2) is 8.42 Å². The molecular formula is C17H21N3O2S2. The molecule has 0 aromatic heterocycles. The van der Waals surface area contributed by atoms with Crippen LogP contribution >= 0.6 is 12.2 Å². The second kappa shape index (κ2) is 7.63. The summed E-state index contributed by atoms with van der Waals surface area (Å²) >= 11 is 5.10. The lowest BCUT2D eigenvalue weighted by Crippen LogP contribution is -2.27. The zero-order valence-electron chi connectivity index (χ0n) is 13.9. The molecule has 0 aliphatic carbocycles. The van der Waals surface area contributed by atoms with Crippen molar-refractivity contribution in [1.82, 2.24) is 5.32 Å². The molecule has 0 radical (unpaired) electrons. The van der Waals surface area contributed by atoms with E-state index in [-0.39, 0.29) is 4.90 Å². The van der Waals surface area contributed by atoms with E-state index in [9.17, 15) is 8.42 Å². The van der Waals surface area contributed by atoms with Crippen LogP contribution in [0.4, 0.5) is 11.4 Å². The summed E-state index contributed by atoms with van der Waals surface area (Å²) in [6.07, 6.45) is 0. The van der Waals surface area contributed by atoms with E-state index >= 15 is 0 Å². The quantitative estimate of drug-likeness (QED) is 0.710. The van der Waals surface area contributed by atoms with Gasteiger partial charge in [-0.1, -0.05) is 6.07 Å². The van der Waals surface area contributed by atoms with Gasteiger partial charge in [-0.15, -0.1) is 0 Å². The fraction of sp³-hybridized carbons (Fsp3) is 0.235. The summed E-state index contributed by atoms with van der Waals surface area (Å²) in [5.74, 6) is 0. The van der Waals surface area contributed by atoms with Gasteiger partial charge in [0.05, 0.1) is 4.90 Å². The van der Waals surface area contributed by atoms with Crippen molar-refractivity contribution < 1.29 is 8.42 Å². The summed E-state index contributed by atoms with van der Waals surface area (Å²) in [7, 11) is -3.62. The summed E-state index contributed by atoms with van der Waals surface area (Å²) in [6.45, 7) is 6.60. The number of rotatable bonds is 5. The fourth-order valence-electron chi connectivity index (χ4n) is 2.07. The van der Waals surface area contributed by atoms with Crippen LogP contribution in [-0.2, 0) is 10.0 Å². The highest BCUT2D eigenvalue weighted by Crippen LogP contribution is 2.20. The number of nitrogens with one attached hydrogen (secondary N) is 3. The van der Waals surface area contributed by atoms with Gasteiger partial charge in [0.15, 0.2) is 5.11 Å². The molecule has 5 nitrogen and oxygen atoms in total. The highest BCUT2D eigenvalue weighted by atomic mass is 32.2. The lowest BCUT2D eigenvalue weighted by Gasteiger charge is -2.11. The molecule has 0 atom stereocenters. The van der Waals surface area contributed by atoms with Crippen LogP contribution in [0.25, 0.3) is 0 Å². The molecule has 0 heterocycles. The first-order chi connectivity index (χ1) is 11.3. The van der Waals surface area contributed by atoms with Crippen LogP contribution in [0.2, 0.25) is 0 Å². The largest absolute Gasteiger partial charge is 0.363 e. The fourth-order valence-corrected chi connectivity index (χ4v) is 3.38. The molecule has 0 saturated heterocycles. The van der Waals surface area contributed by atoms with E-state index in [1.54, 1.807) is 30.3 Å². The van der Waals surface area contributed by atoms with Gasteiger partial charge in [0, 0.05) is 17.9 Å². The van der Waals surface area contributed by atoms with Crippen molar-refractivity contribution in [3.8, 4) is 0 Å². The number of sulfonamides is 1. The monoisotopic (exact) mass is 363 g/mol. The zero-order chi connectivity index (χ0) is 17.7. The van der Waals surface area contributed by atoms with Crippen LogP contribution in [0.1, 0.15) is 18.1 Å². The molecule has 3 N–H and O–H groups in total. The van der Waals surface area contributed by atoms with Gasteiger partial charge in [0.2, 0.25) is 0 Å². The number of thiocarbonyl (C=S) groups is 1. The Hall–Kier alpha value is -2.12. The third-order valence-electron chi connectivity index (χ3n) is 3.52. The van der Waals surface area contributed by atoms with Crippen molar-refractivity contribution in [2.75, 3.05) is 16.6 Å². The Morgan fingerprint density at radius 3 is 2.21 bits per heavy atom. The number of hydrogen-bond acceptors (Lipinski definition) is 3. The third-order valence-corrected chi connectivity index (χ3v) is 5.16. The molecule has 2 aromatic rings. The Morgan fingerprint density at radius 2 is 1.62 bits per heavy atom. The second-order valence-corrected chi connectivity index (χ2v) is 7.50. The standard InChI is InChI=1S/C17H21N3O2S2/c1-4-18-17(23)19-14-7-9-16(10-8-14)24(21,22)20-15-6-5-12(2)13(3)11-15/h5-11,20H,4H2,1-3H3,(H2,18,19,23). The Morgan fingerprint density at radius 1 is 1.00 bits per heavy atom. The number of aryl methyl sites for hydroxylation is 2. The number of anilines is 2. The van der Waals surface area contributed by atoms with Crippen molar-refractivity contribution >= 4 is 38.7 Å². The topological polar surface area (TPSA) is 70.2 Å². The van der Waals surface area contributed by atoms with Crippen LogP contribution < -0.4 is 15.4 Å². The number of benzene rings is 2. The lowest BCUT2D eigenvalue weighted by molar-refractivity contribution is 0.601. The van der Waals surface area contributed by atoms with Gasteiger partial charge in [-0.2, -0.15) is 0 Å².